The molecule has 1 aromatic rings. The molecule has 0 aromatic heterocycles. The Morgan fingerprint density at radius 1 is 1.29 bits per heavy atom. The van der Waals surface area contributed by atoms with E-state index in [4.69, 9.17) is 5.11 Å². The first-order valence-electron chi connectivity index (χ1n) is 6.17. The summed E-state index contributed by atoms with van der Waals surface area (Å²) in [6.07, 6.45) is 3.50. The molecular formula is C14H21NO2. The molecule has 1 atom stereocenters. The molecule has 1 aromatic carbocycles. The number of carboxylic acid groups (broad SMARTS) is 1. The van der Waals surface area contributed by atoms with Crippen LogP contribution in [0.15, 0.2) is 30.3 Å². The summed E-state index contributed by atoms with van der Waals surface area (Å²) in [5, 5.41) is 11.8. The average Bonchev–Trinajstić information content (AvgIpc) is 2.29. The van der Waals surface area contributed by atoms with E-state index in [1.54, 1.807) is 0 Å². The van der Waals surface area contributed by atoms with Gasteiger partial charge in [0.25, 0.3) is 0 Å². The lowest BCUT2D eigenvalue weighted by Crippen LogP contribution is -2.29. The number of hydrogen-bond acceptors (Lipinski definition) is 2. The Morgan fingerprint density at radius 3 is 2.65 bits per heavy atom. The molecule has 2 N–H and O–H groups in total. The van der Waals surface area contributed by atoms with E-state index in [1.165, 1.54) is 5.56 Å². The number of benzene rings is 1. The van der Waals surface area contributed by atoms with E-state index >= 15 is 0 Å². The SMILES string of the molecule is CC(CC(=O)O)NCCCCc1ccccc1. The van der Waals surface area contributed by atoms with Gasteiger partial charge in [-0.25, -0.2) is 0 Å². The van der Waals surface area contributed by atoms with E-state index in [-0.39, 0.29) is 12.5 Å². The third-order valence-corrected chi connectivity index (χ3v) is 2.71. The first-order chi connectivity index (χ1) is 8.18. The van der Waals surface area contributed by atoms with Crippen molar-refractivity contribution in [2.24, 2.45) is 0 Å². The van der Waals surface area contributed by atoms with Crippen LogP contribution in [0.1, 0.15) is 31.7 Å². The maximum absolute atomic E-state index is 10.4. The molecule has 0 saturated heterocycles. The molecule has 0 bridgehead atoms. The van der Waals surface area contributed by atoms with Gasteiger partial charge in [0.15, 0.2) is 0 Å². The van der Waals surface area contributed by atoms with Crippen LogP contribution in [0, 0.1) is 0 Å². The van der Waals surface area contributed by atoms with E-state index in [2.05, 4.69) is 29.6 Å². The van der Waals surface area contributed by atoms with Crippen molar-refractivity contribution in [3.05, 3.63) is 35.9 Å². The number of nitrogens with one attached hydrogen (secondary N) is 1. The Bertz CT molecular complexity index is 324. The van der Waals surface area contributed by atoms with Crippen LogP contribution in [-0.4, -0.2) is 23.7 Å². The summed E-state index contributed by atoms with van der Waals surface area (Å²) in [5.74, 6) is -0.741. The molecule has 0 spiro atoms. The molecule has 17 heavy (non-hydrogen) atoms. The van der Waals surface area contributed by atoms with Gasteiger partial charge in [-0.1, -0.05) is 30.3 Å². The Labute approximate surface area is 103 Å². The minimum absolute atomic E-state index is 0.0595. The van der Waals surface area contributed by atoms with Gasteiger partial charge in [-0.05, 0) is 38.3 Å². The Balaban J connectivity index is 2.03. The van der Waals surface area contributed by atoms with E-state index in [9.17, 15) is 4.79 Å². The van der Waals surface area contributed by atoms with Gasteiger partial charge >= 0.3 is 5.97 Å². The molecule has 1 unspecified atom stereocenters. The van der Waals surface area contributed by atoms with E-state index in [0.29, 0.717) is 0 Å². The fourth-order valence-corrected chi connectivity index (χ4v) is 1.78. The van der Waals surface area contributed by atoms with Crippen molar-refractivity contribution in [2.45, 2.75) is 38.6 Å². The highest BCUT2D eigenvalue weighted by Gasteiger charge is 2.05. The van der Waals surface area contributed by atoms with Crippen LogP contribution in [0.2, 0.25) is 0 Å². The van der Waals surface area contributed by atoms with Crippen molar-refractivity contribution in [3.63, 3.8) is 0 Å². The van der Waals surface area contributed by atoms with Crippen molar-refractivity contribution in [1.29, 1.82) is 0 Å². The molecule has 1 rings (SSSR count). The zero-order valence-electron chi connectivity index (χ0n) is 10.4. The predicted octanol–water partition coefficient (Wildman–Crippen LogP) is 2.46. The number of rotatable bonds is 8. The summed E-state index contributed by atoms with van der Waals surface area (Å²) in [6.45, 7) is 2.80. The third kappa shape index (κ3) is 6.74. The van der Waals surface area contributed by atoms with Crippen LogP contribution in [0.3, 0.4) is 0 Å². The van der Waals surface area contributed by atoms with Gasteiger partial charge in [-0.2, -0.15) is 0 Å². The monoisotopic (exact) mass is 235 g/mol. The van der Waals surface area contributed by atoms with Crippen molar-refractivity contribution < 1.29 is 9.90 Å². The van der Waals surface area contributed by atoms with Gasteiger partial charge in [0.2, 0.25) is 0 Å². The normalized spacial score (nSPS) is 12.3. The molecule has 0 amide bonds. The zero-order chi connectivity index (χ0) is 12.5. The Morgan fingerprint density at radius 2 is 2.00 bits per heavy atom. The number of unbranched alkanes of at least 4 members (excludes halogenated alkanes) is 1. The number of carboxylic acids is 1. The lowest BCUT2D eigenvalue weighted by molar-refractivity contribution is -0.137. The van der Waals surface area contributed by atoms with E-state index in [0.717, 1.165) is 25.8 Å². The molecule has 0 aliphatic rings. The summed E-state index contributed by atoms with van der Waals surface area (Å²) in [7, 11) is 0. The molecule has 0 aliphatic carbocycles. The number of aliphatic carboxylic acids is 1. The summed E-state index contributed by atoms with van der Waals surface area (Å²) < 4.78 is 0. The number of hydrogen-bond donors (Lipinski definition) is 2. The Hall–Kier alpha value is -1.35. The van der Waals surface area contributed by atoms with E-state index in [1.807, 2.05) is 13.0 Å². The van der Waals surface area contributed by atoms with Crippen LogP contribution < -0.4 is 5.32 Å². The highest BCUT2D eigenvalue weighted by molar-refractivity contribution is 5.67. The second-order valence-electron chi connectivity index (χ2n) is 4.40. The molecular weight excluding hydrogens is 214 g/mol. The lowest BCUT2D eigenvalue weighted by Gasteiger charge is -2.10. The van der Waals surface area contributed by atoms with Crippen LogP contribution in [0.25, 0.3) is 0 Å². The van der Waals surface area contributed by atoms with Crippen molar-refractivity contribution in [2.75, 3.05) is 6.54 Å². The third-order valence-electron chi connectivity index (χ3n) is 2.71. The van der Waals surface area contributed by atoms with Gasteiger partial charge in [-0.15, -0.1) is 0 Å². The van der Waals surface area contributed by atoms with Crippen molar-refractivity contribution in [3.8, 4) is 0 Å². The molecule has 0 heterocycles. The standard InChI is InChI=1S/C14H21NO2/c1-12(11-14(16)17)15-10-6-5-9-13-7-3-2-4-8-13/h2-4,7-8,12,15H,5-6,9-11H2,1H3,(H,16,17). The zero-order valence-corrected chi connectivity index (χ0v) is 10.4. The Kier molecular flexibility index (Phi) is 6.33. The molecule has 3 heteroatoms. The van der Waals surface area contributed by atoms with Crippen LogP contribution in [-0.2, 0) is 11.2 Å². The molecule has 3 nitrogen and oxygen atoms in total. The highest BCUT2D eigenvalue weighted by Crippen LogP contribution is 2.04. The van der Waals surface area contributed by atoms with Gasteiger partial charge < -0.3 is 10.4 Å². The number of aryl methyl sites for hydroxylation is 1. The fourth-order valence-electron chi connectivity index (χ4n) is 1.78. The first kappa shape index (κ1) is 13.7. The fraction of sp³-hybridized carbons (Fsp3) is 0.500. The summed E-state index contributed by atoms with van der Waals surface area (Å²) in [4.78, 5) is 10.4. The van der Waals surface area contributed by atoms with Crippen molar-refractivity contribution >= 4 is 5.97 Å². The van der Waals surface area contributed by atoms with Gasteiger partial charge in [0, 0.05) is 6.04 Å². The molecule has 0 aliphatic heterocycles. The largest absolute Gasteiger partial charge is 0.481 e. The predicted molar refractivity (Wildman–Crippen MR) is 69.1 cm³/mol. The molecule has 94 valence electrons. The quantitative estimate of drug-likeness (QED) is 0.680. The highest BCUT2D eigenvalue weighted by atomic mass is 16.4. The smallest absolute Gasteiger partial charge is 0.304 e. The second-order valence-corrected chi connectivity index (χ2v) is 4.40. The molecule has 0 saturated carbocycles. The average molecular weight is 235 g/mol. The van der Waals surface area contributed by atoms with Crippen molar-refractivity contribution in [1.82, 2.24) is 5.32 Å². The first-order valence-corrected chi connectivity index (χ1v) is 6.17. The van der Waals surface area contributed by atoms with Crippen LogP contribution in [0.4, 0.5) is 0 Å². The van der Waals surface area contributed by atoms with Crippen LogP contribution >= 0.6 is 0 Å². The van der Waals surface area contributed by atoms with Gasteiger partial charge in [0.05, 0.1) is 6.42 Å². The van der Waals surface area contributed by atoms with E-state index < -0.39 is 5.97 Å². The topological polar surface area (TPSA) is 49.3 Å². The summed E-state index contributed by atoms with van der Waals surface area (Å²) in [6, 6.07) is 10.5. The summed E-state index contributed by atoms with van der Waals surface area (Å²) in [5.41, 5.74) is 1.37. The molecule has 0 radical (unpaired) electrons. The maximum atomic E-state index is 10.4. The molecule has 0 fully saturated rings. The number of carbonyl (C=O) groups is 1. The minimum atomic E-state index is -0.741. The van der Waals surface area contributed by atoms with Crippen LogP contribution in [0.5, 0.6) is 0 Å². The second kappa shape index (κ2) is 7.85. The van der Waals surface area contributed by atoms with Gasteiger partial charge in [0.1, 0.15) is 0 Å². The van der Waals surface area contributed by atoms with Gasteiger partial charge in [-0.3, -0.25) is 4.79 Å². The summed E-state index contributed by atoms with van der Waals surface area (Å²) >= 11 is 0. The lowest BCUT2D eigenvalue weighted by atomic mass is 10.1. The minimum Gasteiger partial charge on any atom is -0.481 e. The maximum Gasteiger partial charge on any atom is 0.304 e.